The molecule has 4 aliphatic rings. The number of esters is 1. The summed E-state index contributed by atoms with van der Waals surface area (Å²) in [6.07, 6.45) is -9.55. The zero-order valence-corrected chi connectivity index (χ0v) is 17.4. The number of rotatable bonds is 1. The van der Waals surface area contributed by atoms with Gasteiger partial charge in [-0.05, 0) is 34.1 Å². The molecule has 172 valence electrons. The Morgan fingerprint density at radius 2 is 1.53 bits per heavy atom. The van der Waals surface area contributed by atoms with Crippen LogP contribution < -0.4 is 0 Å². The first kappa shape index (κ1) is 22.3. The van der Waals surface area contributed by atoms with E-state index in [9.17, 15) is 45.6 Å². The molecule has 4 rings (SSSR count). The highest BCUT2D eigenvalue weighted by Gasteiger charge is 2.83. The Hall–Kier alpha value is -0.850. The van der Waals surface area contributed by atoms with Crippen molar-refractivity contribution < 1.29 is 50.4 Å². The smallest absolute Gasteiger partial charge is 0.307 e. The summed E-state index contributed by atoms with van der Waals surface area (Å²) in [6.45, 7) is 5.05. The molecule has 3 saturated carbocycles. The first-order valence-corrected chi connectivity index (χ1v) is 10.3. The molecule has 0 aromatic rings. The second kappa shape index (κ2) is 5.93. The highest BCUT2D eigenvalue weighted by Crippen LogP contribution is 2.68. The van der Waals surface area contributed by atoms with E-state index in [1.165, 1.54) is 27.7 Å². The van der Waals surface area contributed by atoms with Crippen LogP contribution in [0, 0.1) is 23.2 Å². The fraction of sp³-hybridized carbons (Fsp3) is 0.950. The zero-order valence-electron chi connectivity index (χ0n) is 17.4. The van der Waals surface area contributed by atoms with Crippen LogP contribution >= 0.6 is 0 Å². The fourth-order valence-electron chi connectivity index (χ4n) is 7.57. The number of fused-ring (bicyclic) bond motifs is 2. The molecule has 1 aliphatic heterocycles. The van der Waals surface area contributed by atoms with Crippen LogP contribution in [0.1, 0.15) is 40.5 Å². The van der Waals surface area contributed by atoms with Crippen LogP contribution in [0.5, 0.6) is 0 Å². The first-order chi connectivity index (χ1) is 13.5. The Labute approximate surface area is 173 Å². The van der Waals surface area contributed by atoms with Crippen LogP contribution in [0.15, 0.2) is 0 Å². The third kappa shape index (κ3) is 2.14. The molecule has 2 bridgehead atoms. The normalized spacial score (nSPS) is 60.6. The lowest BCUT2D eigenvalue weighted by atomic mass is 9.54. The lowest BCUT2D eigenvalue weighted by Crippen LogP contribution is -2.68. The quantitative estimate of drug-likeness (QED) is 0.199. The van der Waals surface area contributed by atoms with Gasteiger partial charge in [0, 0.05) is 17.8 Å². The minimum atomic E-state index is -2.19. The molecule has 3 aliphatic carbocycles. The van der Waals surface area contributed by atoms with E-state index in [0.29, 0.717) is 0 Å². The van der Waals surface area contributed by atoms with E-state index in [1.54, 1.807) is 0 Å². The van der Waals surface area contributed by atoms with Gasteiger partial charge in [0.1, 0.15) is 11.7 Å². The Bertz CT molecular complexity index is 759. The summed E-state index contributed by atoms with van der Waals surface area (Å²) in [7, 11) is 0. The molecule has 30 heavy (non-hydrogen) atoms. The van der Waals surface area contributed by atoms with E-state index in [-0.39, 0.29) is 6.42 Å². The van der Waals surface area contributed by atoms with E-state index in [0.717, 1.165) is 0 Å². The lowest BCUT2D eigenvalue weighted by Gasteiger charge is -2.54. The van der Waals surface area contributed by atoms with Crippen LogP contribution in [0.3, 0.4) is 0 Å². The predicted molar refractivity (Wildman–Crippen MR) is 98.5 cm³/mol. The van der Waals surface area contributed by atoms with Gasteiger partial charge in [0.15, 0.2) is 5.60 Å². The molecule has 1 saturated heterocycles. The number of hydrogen-bond acceptors (Lipinski definition) is 10. The average Bonchev–Trinajstić information content (AvgIpc) is 3.01. The van der Waals surface area contributed by atoms with E-state index >= 15 is 0 Å². The fourth-order valence-corrected chi connectivity index (χ4v) is 7.57. The van der Waals surface area contributed by atoms with E-state index in [2.05, 4.69) is 0 Å². The molecule has 10 nitrogen and oxygen atoms in total. The van der Waals surface area contributed by atoms with Crippen molar-refractivity contribution in [2.75, 3.05) is 0 Å². The first-order valence-electron chi connectivity index (χ1n) is 10.3. The SMILES string of the molecule is CC(C)(O)[C@]12OC(=O)C[C@H]1[C@](C)(O)[C@@H]1[C@H](O)C[C@@H]3[C@@H](O)[C@@]1([C@H](O)[C@H]2O)[C@@H](O)[C@@]3(C)O. The standard InChI is InChI=1S/C20H32O10/c1-16(2,27)20-9(6-10(22)30-20)18(4,29)11-8(21)5-7-12(23)19(11,13(24)14(20)25)15(26)17(7,3)28/h7-9,11-15,21,23-29H,5-6H2,1-4H3/t7-,8-,9+,11+,12-,13-,14-,15+,17+,18+,19+,20+/m1/s1. The molecule has 10 heteroatoms. The van der Waals surface area contributed by atoms with Gasteiger partial charge < -0.3 is 45.6 Å². The minimum absolute atomic E-state index is 0.187. The van der Waals surface area contributed by atoms with E-state index < -0.39 is 88.5 Å². The van der Waals surface area contributed by atoms with Gasteiger partial charge in [-0.1, -0.05) is 0 Å². The number of ether oxygens (including phenoxy) is 1. The predicted octanol–water partition coefficient (Wildman–Crippen LogP) is -2.98. The van der Waals surface area contributed by atoms with Crippen LogP contribution in [-0.4, -0.2) is 99.7 Å². The summed E-state index contributed by atoms with van der Waals surface area (Å²) in [5.74, 6) is -4.60. The van der Waals surface area contributed by atoms with Gasteiger partial charge in [-0.2, -0.15) is 0 Å². The lowest BCUT2D eigenvalue weighted by molar-refractivity contribution is -0.254. The van der Waals surface area contributed by atoms with Gasteiger partial charge in [0.25, 0.3) is 0 Å². The van der Waals surface area contributed by atoms with E-state index in [4.69, 9.17) is 4.74 Å². The molecule has 0 unspecified atom stereocenters. The topological polar surface area (TPSA) is 188 Å². The molecular formula is C20H32O10. The number of carbonyl (C=O) groups is 1. The third-order valence-electron chi connectivity index (χ3n) is 8.80. The van der Waals surface area contributed by atoms with Crippen molar-refractivity contribution in [3.63, 3.8) is 0 Å². The Morgan fingerprint density at radius 3 is 2.07 bits per heavy atom. The molecule has 0 aromatic carbocycles. The molecule has 12 atom stereocenters. The second-order valence-corrected chi connectivity index (χ2v) is 10.7. The maximum Gasteiger partial charge on any atom is 0.307 e. The molecule has 8 N–H and O–H groups in total. The highest BCUT2D eigenvalue weighted by molar-refractivity contribution is 5.74. The molecule has 0 radical (unpaired) electrons. The Kier molecular flexibility index (Phi) is 4.42. The van der Waals surface area contributed by atoms with Gasteiger partial charge >= 0.3 is 5.97 Å². The third-order valence-corrected chi connectivity index (χ3v) is 8.80. The minimum Gasteiger partial charge on any atom is -0.453 e. The van der Waals surface area contributed by atoms with Crippen LogP contribution in [0.25, 0.3) is 0 Å². The van der Waals surface area contributed by atoms with Crippen molar-refractivity contribution >= 4 is 5.97 Å². The van der Waals surface area contributed by atoms with Crippen molar-refractivity contribution in [2.45, 2.75) is 93.5 Å². The van der Waals surface area contributed by atoms with Gasteiger partial charge in [-0.15, -0.1) is 0 Å². The maximum atomic E-state index is 12.3. The van der Waals surface area contributed by atoms with Gasteiger partial charge in [-0.3, -0.25) is 4.79 Å². The maximum absolute atomic E-state index is 12.3. The Balaban J connectivity index is 2.05. The summed E-state index contributed by atoms with van der Waals surface area (Å²) in [5, 5.41) is 89.8. The van der Waals surface area contributed by atoms with Gasteiger partial charge in [0.05, 0.1) is 47.5 Å². The summed E-state index contributed by atoms with van der Waals surface area (Å²) in [4.78, 5) is 12.3. The largest absolute Gasteiger partial charge is 0.453 e. The number of carbonyl (C=O) groups excluding carboxylic acids is 1. The molecule has 4 fully saturated rings. The van der Waals surface area contributed by atoms with Crippen LogP contribution in [0.4, 0.5) is 0 Å². The van der Waals surface area contributed by atoms with Crippen molar-refractivity contribution in [2.24, 2.45) is 23.2 Å². The number of hydrogen-bond donors (Lipinski definition) is 8. The summed E-state index contributed by atoms with van der Waals surface area (Å²) >= 11 is 0. The molecule has 1 spiro atoms. The van der Waals surface area contributed by atoms with Gasteiger partial charge in [0.2, 0.25) is 0 Å². The second-order valence-electron chi connectivity index (χ2n) is 10.7. The van der Waals surface area contributed by atoms with Crippen molar-refractivity contribution in [3.05, 3.63) is 0 Å². The van der Waals surface area contributed by atoms with Crippen molar-refractivity contribution in [3.8, 4) is 0 Å². The van der Waals surface area contributed by atoms with Gasteiger partial charge in [-0.25, -0.2) is 0 Å². The van der Waals surface area contributed by atoms with Crippen LogP contribution in [-0.2, 0) is 9.53 Å². The summed E-state index contributed by atoms with van der Waals surface area (Å²) < 4.78 is 5.42. The van der Waals surface area contributed by atoms with Crippen molar-refractivity contribution in [1.82, 2.24) is 0 Å². The summed E-state index contributed by atoms with van der Waals surface area (Å²) in [5.41, 5.74) is -10.3. The number of aliphatic hydroxyl groups is 8. The summed E-state index contributed by atoms with van der Waals surface area (Å²) in [6, 6.07) is 0. The Morgan fingerprint density at radius 1 is 0.967 bits per heavy atom. The molecule has 1 heterocycles. The molecule has 0 aromatic heterocycles. The van der Waals surface area contributed by atoms with Crippen molar-refractivity contribution in [1.29, 1.82) is 0 Å². The highest BCUT2D eigenvalue weighted by atomic mass is 16.6. The van der Waals surface area contributed by atoms with Crippen LogP contribution in [0.2, 0.25) is 0 Å². The number of aliphatic hydroxyl groups excluding tert-OH is 5. The zero-order chi connectivity index (χ0) is 22.8. The van der Waals surface area contributed by atoms with E-state index in [1.807, 2.05) is 0 Å². The monoisotopic (exact) mass is 432 g/mol. The molecule has 0 amide bonds. The molecular weight excluding hydrogens is 400 g/mol. The average molecular weight is 432 g/mol.